The second kappa shape index (κ2) is 15.8. The maximum atomic E-state index is 12.0. The van der Waals surface area contributed by atoms with Crippen LogP contribution in [0.4, 0.5) is 0 Å². The molecule has 0 saturated heterocycles. The van der Waals surface area contributed by atoms with E-state index in [1.165, 1.54) is 0 Å². The Bertz CT molecular complexity index is 753. The van der Waals surface area contributed by atoms with E-state index >= 15 is 0 Å². The van der Waals surface area contributed by atoms with E-state index in [1.54, 1.807) is 0 Å². The van der Waals surface area contributed by atoms with E-state index in [9.17, 15) is 9.59 Å². The molecule has 0 aliphatic rings. The summed E-state index contributed by atoms with van der Waals surface area (Å²) in [7, 11) is 0. The van der Waals surface area contributed by atoms with Gasteiger partial charge in [-0.3, -0.25) is 9.63 Å². The van der Waals surface area contributed by atoms with E-state index in [0.717, 1.165) is 42.9 Å². The summed E-state index contributed by atoms with van der Waals surface area (Å²) in [5.74, 6) is -0.656. The van der Waals surface area contributed by atoms with Gasteiger partial charge in [-0.2, -0.15) is 5.06 Å². The van der Waals surface area contributed by atoms with Crippen LogP contribution >= 0.6 is 0 Å². The summed E-state index contributed by atoms with van der Waals surface area (Å²) in [5, 5.41) is 1.87. The average molecular weight is 440 g/mol. The molecule has 0 unspecified atom stereocenters. The molecule has 32 heavy (non-hydrogen) atoms. The molecule has 0 aliphatic carbocycles. The van der Waals surface area contributed by atoms with Gasteiger partial charge in [0, 0.05) is 19.2 Å². The molecule has 0 aromatic heterocycles. The number of unbranched alkanes of at least 4 members (excludes halogenated alkanes) is 3. The van der Waals surface area contributed by atoms with Crippen molar-refractivity contribution in [3.8, 4) is 0 Å². The molecule has 0 bridgehead atoms. The van der Waals surface area contributed by atoms with Crippen LogP contribution in [0.15, 0.2) is 73.3 Å². The smallest absolute Gasteiger partial charge is 0.330 e. The Kier molecular flexibility index (Phi) is 12.5. The van der Waals surface area contributed by atoms with Crippen molar-refractivity contribution in [3.63, 3.8) is 0 Å². The summed E-state index contributed by atoms with van der Waals surface area (Å²) in [6.07, 6.45) is 4.77. The molecule has 6 heteroatoms. The molecule has 0 amide bonds. The summed E-state index contributed by atoms with van der Waals surface area (Å²) in [6, 6.07) is 20.2. The van der Waals surface area contributed by atoms with Gasteiger partial charge in [0.2, 0.25) is 0 Å². The highest BCUT2D eigenvalue weighted by Gasteiger charge is 2.10. The SMILES string of the molecule is C=CC(=O)OCCCCCCOC(=O)CCON(Cc1ccccc1)Cc1ccccc1. The monoisotopic (exact) mass is 439 g/mol. The number of esters is 2. The van der Waals surface area contributed by atoms with Crippen molar-refractivity contribution in [3.05, 3.63) is 84.4 Å². The van der Waals surface area contributed by atoms with Crippen LogP contribution in [-0.2, 0) is 37.0 Å². The quantitative estimate of drug-likeness (QED) is 0.161. The highest BCUT2D eigenvalue weighted by Crippen LogP contribution is 2.11. The zero-order valence-electron chi connectivity index (χ0n) is 18.6. The van der Waals surface area contributed by atoms with Gasteiger partial charge in [0.15, 0.2) is 0 Å². The highest BCUT2D eigenvalue weighted by atomic mass is 16.7. The van der Waals surface area contributed by atoms with Crippen molar-refractivity contribution in [2.45, 2.75) is 45.2 Å². The molecule has 6 nitrogen and oxygen atoms in total. The molecular weight excluding hydrogens is 406 g/mol. The normalized spacial score (nSPS) is 10.7. The predicted octanol–water partition coefficient (Wildman–Crippen LogP) is 4.84. The number of rotatable bonds is 16. The number of benzene rings is 2. The summed E-state index contributed by atoms with van der Waals surface area (Å²) >= 11 is 0. The number of ether oxygens (including phenoxy) is 2. The Hall–Kier alpha value is -2.96. The maximum absolute atomic E-state index is 12.0. The van der Waals surface area contributed by atoms with E-state index in [1.807, 2.05) is 41.5 Å². The number of hydrogen-bond acceptors (Lipinski definition) is 6. The lowest BCUT2D eigenvalue weighted by Crippen LogP contribution is -2.25. The molecule has 0 radical (unpaired) electrons. The standard InChI is InChI=1S/C26H33NO5/c1-2-25(28)30-18-11-3-4-12-19-31-26(29)17-20-32-27(21-23-13-7-5-8-14-23)22-24-15-9-6-10-16-24/h2,5-10,13-16H,1,3-4,11-12,17-22H2. The van der Waals surface area contributed by atoms with Crippen molar-refractivity contribution in [1.82, 2.24) is 5.06 Å². The lowest BCUT2D eigenvalue weighted by atomic mass is 10.2. The molecule has 2 aromatic rings. The van der Waals surface area contributed by atoms with Crippen LogP contribution in [0.5, 0.6) is 0 Å². The Balaban J connectivity index is 1.62. The van der Waals surface area contributed by atoms with Gasteiger partial charge in [-0.1, -0.05) is 67.2 Å². The van der Waals surface area contributed by atoms with Crippen LogP contribution in [0.25, 0.3) is 0 Å². The van der Waals surface area contributed by atoms with Gasteiger partial charge in [-0.15, -0.1) is 0 Å². The van der Waals surface area contributed by atoms with E-state index in [2.05, 4.69) is 30.8 Å². The van der Waals surface area contributed by atoms with Crippen molar-refractivity contribution in [1.29, 1.82) is 0 Å². The van der Waals surface area contributed by atoms with Crippen molar-refractivity contribution in [2.24, 2.45) is 0 Å². The third-order valence-corrected chi connectivity index (χ3v) is 4.70. The van der Waals surface area contributed by atoms with Gasteiger partial charge in [0.25, 0.3) is 0 Å². The lowest BCUT2D eigenvalue weighted by Gasteiger charge is -2.22. The first-order valence-electron chi connectivity index (χ1n) is 11.1. The van der Waals surface area contributed by atoms with E-state index in [0.29, 0.717) is 26.3 Å². The zero-order chi connectivity index (χ0) is 22.9. The highest BCUT2D eigenvalue weighted by molar-refractivity contribution is 5.81. The van der Waals surface area contributed by atoms with Crippen LogP contribution in [0.1, 0.15) is 43.2 Å². The fourth-order valence-electron chi connectivity index (χ4n) is 3.03. The third kappa shape index (κ3) is 11.4. The molecule has 2 aromatic carbocycles. The first-order valence-corrected chi connectivity index (χ1v) is 11.1. The van der Waals surface area contributed by atoms with Crippen LogP contribution < -0.4 is 0 Å². The fraction of sp³-hybridized carbons (Fsp3) is 0.385. The lowest BCUT2D eigenvalue weighted by molar-refractivity contribution is -0.180. The van der Waals surface area contributed by atoms with E-state index < -0.39 is 5.97 Å². The molecular formula is C26H33NO5. The summed E-state index contributed by atoms with van der Waals surface area (Å²) < 4.78 is 10.2. The van der Waals surface area contributed by atoms with Gasteiger partial charge in [-0.05, 0) is 36.8 Å². The number of nitrogens with zero attached hydrogens (tertiary/aromatic N) is 1. The number of hydroxylamine groups is 2. The summed E-state index contributed by atoms with van der Waals surface area (Å²) in [4.78, 5) is 28.8. The van der Waals surface area contributed by atoms with Crippen LogP contribution in [-0.4, -0.2) is 36.8 Å². The average Bonchev–Trinajstić information content (AvgIpc) is 2.81. The van der Waals surface area contributed by atoms with Crippen molar-refractivity contribution < 1.29 is 23.9 Å². The van der Waals surface area contributed by atoms with Crippen molar-refractivity contribution in [2.75, 3.05) is 19.8 Å². The largest absolute Gasteiger partial charge is 0.466 e. The van der Waals surface area contributed by atoms with Gasteiger partial charge in [0.05, 0.1) is 26.2 Å². The molecule has 172 valence electrons. The first kappa shape index (κ1) is 25.3. The van der Waals surface area contributed by atoms with Crippen molar-refractivity contribution >= 4 is 11.9 Å². The maximum Gasteiger partial charge on any atom is 0.330 e. The number of carbonyl (C=O) groups is 2. The minimum atomic E-state index is -0.396. The van der Waals surface area contributed by atoms with E-state index in [4.69, 9.17) is 14.3 Å². The Morgan fingerprint density at radius 3 is 1.81 bits per heavy atom. The summed E-state index contributed by atoms with van der Waals surface area (Å²) in [5.41, 5.74) is 2.29. The topological polar surface area (TPSA) is 65.1 Å². The van der Waals surface area contributed by atoms with Crippen LogP contribution in [0, 0.1) is 0 Å². The van der Waals surface area contributed by atoms with Gasteiger partial charge in [-0.25, -0.2) is 4.79 Å². The van der Waals surface area contributed by atoms with Gasteiger partial charge in [0.1, 0.15) is 0 Å². The van der Waals surface area contributed by atoms with E-state index in [-0.39, 0.29) is 19.0 Å². The van der Waals surface area contributed by atoms with Crippen LogP contribution in [0.3, 0.4) is 0 Å². The molecule has 0 fully saturated rings. The molecule has 0 atom stereocenters. The molecule has 0 heterocycles. The third-order valence-electron chi connectivity index (χ3n) is 4.70. The molecule has 0 spiro atoms. The minimum Gasteiger partial charge on any atom is -0.466 e. The minimum absolute atomic E-state index is 0.206. The zero-order valence-corrected chi connectivity index (χ0v) is 18.6. The molecule has 0 saturated carbocycles. The molecule has 0 aliphatic heterocycles. The molecule has 0 N–H and O–H groups in total. The second-order valence-corrected chi connectivity index (χ2v) is 7.36. The fourth-order valence-corrected chi connectivity index (χ4v) is 3.03. The van der Waals surface area contributed by atoms with Crippen LogP contribution in [0.2, 0.25) is 0 Å². The van der Waals surface area contributed by atoms with Gasteiger partial charge >= 0.3 is 11.9 Å². The Labute approximate surface area is 190 Å². The Morgan fingerprint density at radius 2 is 1.28 bits per heavy atom. The van der Waals surface area contributed by atoms with Gasteiger partial charge < -0.3 is 9.47 Å². The number of hydrogen-bond donors (Lipinski definition) is 0. The Morgan fingerprint density at radius 1 is 0.750 bits per heavy atom. The summed E-state index contributed by atoms with van der Waals surface area (Å²) in [6.45, 7) is 5.67. The number of carbonyl (C=O) groups excluding carboxylic acids is 2. The molecule has 2 rings (SSSR count). The first-order chi connectivity index (χ1) is 15.7. The second-order valence-electron chi connectivity index (χ2n) is 7.36. The predicted molar refractivity (Wildman–Crippen MR) is 123 cm³/mol.